The smallest absolute Gasteiger partial charge is 0.272 e. The van der Waals surface area contributed by atoms with Crippen LogP contribution in [0.25, 0.3) is 0 Å². The molecule has 5 heteroatoms. The predicted octanol–water partition coefficient (Wildman–Crippen LogP) is 2.46. The SMILES string of the molecule is CNc1ccc(C(=O)N(C)Cc2ccsc2)nc1. The minimum absolute atomic E-state index is 0.0659. The molecule has 0 radical (unpaired) electrons. The normalized spacial score (nSPS) is 10.1. The summed E-state index contributed by atoms with van der Waals surface area (Å²) < 4.78 is 0. The Kier molecular flexibility index (Phi) is 3.94. The van der Waals surface area contributed by atoms with Crippen LogP contribution < -0.4 is 5.32 Å². The number of pyridine rings is 1. The zero-order chi connectivity index (χ0) is 13.0. The first-order valence-corrected chi connectivity index (χ1v) is 6.55. The molecule has 4 nitrogen and oxygen atoms in total. The number of nitrogens with one attached hydrogen (secondary N) is 1. The van der Waals surface area contributed by atoms with Crippen molar-refractivity contribution in [3.05, 3.63) is 46.4 Å². The molecule has 0 unspecified atom stereocenters. The maximum absolute atomic E-state index is 12.1. The molecule has 0 aliphatic carbocycles. The first-order chi connectivity index (χ1) is 8.70. The fourth-order valence-electron chi connectivity index (χ4n) is 1.59. The predicted molar refractivity (Wildman–Crippen MR) is 73.9 cm³/mol. The molecule has 0 fully saturated rings. The molecule has 94 valence electrons. The van der Waals surface area contributed by atoms with E-state index in [4.69, 9.17) is 0 Å². The summed E-state index contributed by atoms with van der Waals surface area (Å²) in [5, 5.41) is 7.02. The van der Waals surface area contributed by atoms with E-state index in [0.29, 0.717) is 12.2 Å². The summed E-state index contributed by atoms with van der Waals surface area (Å²) in [5.41, 5.74) is 2.50. The number of anilines is 1. The Hall–Kier alpha value is -1.88. The molecule has 0 spiro atoms. The average molecular weight is 261 g/mol. The Bertz CT molecular complexity index is 508. The van der Waals surface area contributed by atoms with Gasteiger partial charge in [-0.2, -0.15) is 11.3 Å². The van der Waals surface area contributed by atoms with Crippen LogP contribution in [-0.2, 0) is 6.54 Å². The zero-order valence-electron chi connectivity index (χ0n) is 10.4. The Morgan fingerprint density at radius 1 is 1.44 bits per heavy atom. The summed E-state index contributed by atoms with van der Waals surface area (Å²) in [4.78, 5) is 17.9. The van der Waals surface area contributed by atoms with Gasteiger partial charge in [0.2, 0.25) is 0 Å². The standard InChI is InChI=1S/C13H15N3OS/c1-14-11-3-4-12(15-7-11)13(17)16(2)8-10-5-6-18-9-10/h3-7,9,14H,8H2,1-2H3. The molecule has 1 N–H and O–H groups in total. The number of carbonyl (C=O) groups is 1. The summed E-state index contributed by atoms with van der Waals surface area (Å²) in [6.07, 6.45) is 1.66. The number of rotatable bonds is 4. The fourth-order valence-corrected chi connectivity index (χ4v) is 2.25. The minimum Gasteiger partial charge on any atom is -0.387 e. The molecule has 0 bridgehead atoms. The zero-order valence-corrected chi connectivity index (χ0v) is 11.2. The van der Waals surface area contributed by atoms with Crippen molar-refractivity contribution >= 4 is 22.9 Å². The van der Waals surface area contributed by atoms with Gasteiger partial charge < -0.3 is 10.2 Å². The number of nitrogens with zero attached hydrogens (tertiary/aromatic N) is 2. The highest BCUT2D eigenvalue weighted by Gasteiger charge is 2.13. The molecule has 2 aromatic rings. The van der Waals surface area contributed by atoms with Crippen molar-refractivity contribution in [2.45, 2.75) is 6.54 Å². The Balaban J connectivity index is 2.05. The van der Waals surface area contributed by atoms with E-state index in [2.05, 4.69) is 10.3 Å². The number of aromatic nitrogens is 1. The van der Waals surface area contributed by atoms with E-state index in [-0.39, 0.29) is 5.91 Å². The van der Waals surface area contributed by atoms with Gasteiger partial charge in [0.1, 0.15) is 5.69 Å². The van der Waals surface area contributed by atoms with Gasteiger partial charge in [0, 0.05) is 20.6 Å². The van der Waals surface area contributed by atoms with Gasteiger partial charge in [0.25, 0.3) is 5.91 Å². The summed E-state index contributed by atoms with van der Waals surface area (Å²) >= 11 is 1.63. The van der Waals surface area contributed by atoms with Gasteiger partial charge in [-0.05, 0) is 34.5 Å². The van der Waals surface area contributed by atoms with E-state index in [1.54, 1.807) is 35.5 Å². The molecule has 2 rings (SSSR count). The third-order valence-corrected chi connectivity index (χ3v) is 3.35. The molecule has 2 heterocycles. The van der Waals surface area contributed by atoms with Gasteiger partial charge in [0.15, 0.2) is 0 Å². The average Bonchev–Trinajstić information content (AvgIpc) is 2.91. The summed E-state index contributed by atoms with van der Waals surface area (Å²) in [7, 11) is 3.61. The van der Waals surface area contributed by atoms with Gasteiger partial charge in [-0.15, -0.1) is 0 Å². The third-order valence-electron chi connectivity index (χ3n) is 2.62. The Morgan fingerprint density at radius 3 is 2.83 bits per heavy atom. The number of thiophene rings is 1. The van der Waals surface area contributed by atoms with Crippen molar-refractivity contribution in [1.29, 1.82) is 0 Å². The fraction of sp³-hybridized carbons (Fsp3) is 0.231. The first kappa shape index (κ1) is 12.6. The number of carbonyl (C=O) groups excluding carboxylic acids is 1. The van der Waals surface area contributed by atoms with Crippen molar-refractivity contribution in [2.75, 3.05) is 19.4 Å². The summed E-state index contributed by atoms with van der Waals surface area (Å²) in [5.74, 6) is -0.0659. The maximum atomic E-state index is 12.1. The van der Waals surface area contributed by atoms with E-state index in [1.807, 2.05) is 29.9 Å². The van der Waals surface area contributed by atoms with Crippen molar-refractivity contribution in [3.63, 3.8) is 0 Å². The maximum Gasteiger partial charge on any atom is 0.272 e. The second-order valence-corrected chi connectivity index (χ2v) is 4.75. The summed E-state index contributed by atoms with van der Waals surface area (Å²) in [6, 6.07) is 5.60. The highest BCUT2D eigenvalue weighted by molar-refractivity contribution is 7.07. The van der Waals surface area contributed by atoms with Gasteiger partial charge in [0.05, 0.1) is 11.9 Å². The van der Waals surface area contributed by atoms with Crippen LogP contribution in [0.2, 0.25) is 0 Å². The monoisotopic (exact) mass is 261 g/mol. The van der Waals surface area contributed by atoms with Gasteiger partial charge >= 0.3 is 0 Å². The topological polar surface area (TPSA) is 45.2 Å². The van der Waals surface area contributed by atoms with Gasteiger partial charge in [-0.25, -0.2) is 4.98 Å². The lowest BCUT2D eigenvalue weighted by Crippen LogP contribution is -2.26. The molecule has 0 aromatic carbocycles. The van der Waals surface area contributed by atoms with Gasteiger partial charge in [-0.1, -0.05) is 0 Å². The molecular weight excluding hydrogens is 246 g/mol. The number of amides is 1. The highest BCUT2D eigenvalue weighted by atomic mass is 32.1. The van der Waals surface area contributed by atoms with E-state index < -0.39 is 0 Å². The molecule has 0 aliphatic rings. The van der Waals surface area contributed by atoms with E-state index in [9.17, 15) is 4.79 Å². The lowest BCUT2D eigenvalue weighted by Gasteiger charge is -2.16. The molecule has 0 atom stereocenters. The molecule has 0 aliphatic heterocycles. The Labute approximate surface area is 110 Å². The van der Waals surface area contributed by atoms with Crippen LogP contribution in [0.4, 0.5) is 5.69 Å². The van der Waals surface area contributed by atoms with Crippen LogP contribution in [0.5, 0.6) is 0 Å². The second-order valence-electron chi connectivity index (χ2n) is 3.97. The minimum atomic E-state index is -0.0659. The van der Waals surface area contributed by atoms with Crippen molar-refractivity contribution in [1.82, 2.24) is 9.88 Å². The number of hydrogen-bond acceptors (Lipinski definition) is 4. The quantitative estimate of drug-likeness (QED) is 0.919. The second kappa shape index (κ2) is 5.64. The summed E-state index contributed by atoms with van der Waals surface area (Å²) in [6.45, 7) is 0.609. The molecule has 0 saturated carbocycles. The lowest BCUT2D eigenvalue weighted by atomic mass is 10.2. The van der Waals surface area contributed by atoms with E-state index >= 15 is 0 Å². The molecule has 1 amide bonds. The van der Waals surface area contributed by atoms with Gasteiger partial charge in [-0.3, -0.25) is 4.79 Å². The molecule has 0 saturated heterocycles. The molecule has 2 aromatic heterocycles. The van der Waals surface area contributed by atoms with Crippen LogP contribution in [-0.4, -0.2) is 29.9 Å². The Morgan fingerprint density at radius 2 is 2.28 bits per heavy atom. The molecule has 18 heavy (non-hydrogen) atoms. The van der Waals surface area contributed by atoms with E-state index in [0.717, 1.165) is 11.3 Å². The third kappa shape index (κ3) is 2.87. The van der Waals surface area contributed by atoms with Crippen LogP contribution in [0.3, 0.4) is 0 Å². The largest absolute Gasteiger partial charge is 0.387 e. The highest BCUT2D eigenvalue weighted by Crippen LogP contribution is 2.11. The van der Waals surface area contributed by atoms with E-state index in [1.165, 1.54) is 0 Å². The van der Waals surface area contributed by atoms with Crippen LogP contribution in [0.15, 0.2) is 35.2 Å². The van der Waals surface area contributed by atoms with Crippen molar-refractivity contribution in [3.8, 4) is 0 Å². The first-order valence-electron chi connectivity index (χ1n) is 5.61. The number of hydrogen-bond donors (Lipinski definition) is 1. The van der Waals surface area contributed by atoms with Crippen LogP contribution >= 0.6 is 11.3 Å². The lowest BCUT2D eigenvalue weighted by molar-refractivity contribution is 0.0779. The molecular formula is C13H15N3OS. The van der Waals surface area contributed by atoms with Crippen molar-refractivity contribution < 1.29 is 4.79 Å². The van der Waals surface area contributed by atoms with Crippen LogP contribution in [0.1, 0.15) is 16.1 Å². The van der Waals surface area contributed by atoms with Crippen molar-refractivity contribution in [2.24, 2.45) is 0 Å². The van der Waals surface area contributed by atoms with Crippen LogP contribution in [0, 0.1) is 0 Å².